The number of rotatable bonds is 4. The fourth-order valence-electron chi connectivity index (χ4n) is 7.68. The number of hydrogen-bond acceptors (Lipinski definition) is 4. The molecule has 9 rings (SSSR count). The van der Waals surface area contributed by atoms with Gasteiger partial charge in [0.05, 0.1) is 5.56 Å². The molecule has 19 heteroatoms. The van der Waals surface area contributed by atoms with Crippen molar-refractivity contribution in [2.75, 3.05) is 0 Å². The maximum atomic E-state index is 7.19. The average molecular weight is 702 g/mol. The molecule has 6 aromatic carbocycles. The number of hydrogen-bond donors (Lipinski definition) is 0. The number of furan rings is 1. The predicted molar refractivity (Wildman–Crippen MR) is 253 cm³/mol. The summed E-state index contributed by atoms with van der Waals surface area (Å²) in [7, 11) is 93.4. The molecule has 0 saturated carbocycles. The Labute approximate surface area is 352 Å². The molecule has 0 aliphatic heterocycles. The van der Waals surface area contributed by atoms with Crippen molar-refractivity contribution in [3.8, 4) is 39.9 Å². The van der Waals surface area contributed by atoms with E-state index in [1.54, 1.807) is 0 Å². The average Bonchev–Trinajstić information content (AvgIpc) is 3.80. The van der Waals surface area contributed by atoms with E-state index in [4.69, 9.17) is 129 Å². The predicted octanol–water partition coefficient (Wildman–Crippen LogP) is -7.02. The summed E-state index contributed by atoms with van der Waals surface area (Å²) in [5, 5.41) is 0.976. The summed E-state index contributed by atoms with van der Waals surface area (Å²) in [5.74, 6) is 0.837. The van der Waals surface area contributed by atoms with Crippen molar-refractivity contribution >= 4 is 230 Å². The highest BCUT2D eigenvalue weighted by atomic mass is 16.3. The van der Waals surface area contributed by atoms with Gasteiger partial charge in [-0.2, -0.15) is 0 Å². The monoisotopic (exact) mass is 704 g/mol. The van der Waals surface area contributed by atoms with Crippen LogP contribution < -0.4 is 76.5 Å². The Hall–Kier alpha value is -5.16. The fraction of sp³-hybridized carbons (Fsp3) is 0. The van der Waals surface area contributed by atoms with Crippen LogP contribution in [0.3, 0.4) is 0 Å². The molecule has 58 heavy (non-hydrogen) atoms. The van der Waals surface area contributed by atoms with Crippen molar-refractivity contribution in [2.45, 2.75) is 0 Å². The van der Waals surface area contributed by atoms with Gasteiger partial charge in [0, 0.05) is 38.6 Å². The summed E-state index contributed by atoms with van der Waals surface area (Å²) in [6.07, 6.45) is 0. The van der Waals surface area contributed by atoms with E-state index in [0.717, 1.165) is 0 Å². The van der Waals surface area contributed by atoms with Crippen LogP contribution in [-0.4, -0.2) is 129 Å². The minimum absolute atomic E-state index is 0.000424. The van der Waals surface area contributed by atoms with Crippen molar-refractivity contribution in [3.05, 3.63) is 60.7 Å². The van der Waals surface area contributed by atoms with Crippen LogP contribution in [0.5, 0.6) is 0 Å². The van der Waals surface area contributed by atoms with Crippen molar-refractivity contribution in [2.24, 2.45) is 0 Å². The maximum absolute atomic E-state index is 7.19. The maximum Gasteiger partial charge on any atom is 0.167 e. The SMILES string of the molecule is [B]c1c(-n2c3c([B])c([B])c([B])c([B])c3c3c([B])c([B])c([B])c([B])c32)c([B])c2c(oc3c(-c4nc(-c5ccccc5)nc(-c5ccccc5)n4)c([B])c([B])c([B])c32)c1[B]. The van der Waals surface area contributed by atoms with Gasteiger partial charge in [0.15, 0.2) is 17.5 Å². The van der Waals surface area contributed by atoms with Gasteiger partial charge >= 0.3 is 0 Å². The van der Waals surface area contributed by atoms with Crippen LogP contribution in [0.15, 0.2) is 65.1 Å². The first-order valence-corrected chi connectivity index (χ1v) is 17.5. The quantitative estimate of drug-likeness (QED) is 0.172. The van der Waals surface area contributed by atoms with E-state index in [-0.39, 0.29) is 137 Å². The van der Waals surface area contributed by atoms with Gasteiger partial charge in [0.1, 0.15) is 121 Å². The Balaban J connectivity index is 1.45. The van der Waals surface area contributed by atoms with Gasteiger partial charge in [0.2, 0.25) is 0 Å². The Morgan fingerprint density at radius 3 is 1.22 bits per heavy atom. The molecule has 0 unspecified atom stereocenters. The summed E-state index contributed by atoms with van der Waals surface area (Å²) in [4.78, 5) is 14.5. The zero-order valence-corrected chi connectivity index (χ0v) is 30.6. The minimum atomic E-state index is -0.0662. The third-order valence-electron chi connectivity index (χ3n) is 10.7. The summed E-state index contributed by atoms with van der Waals surface area (Å²) in [5.41, 5.74) is 2.25. The lowest BCUT2D eigenvalue weighted by atomic mass is 9.63. The molecule has 3 heterocycles. The third-order valence-corrected chi connectivity index (χ3v) is 10.7. The second-order valence-electron chi connectivity index (χ2n) is 13.8. The van der Waals surface area contributed by atoms with Gasteiger partial charge in [0.25, 0.3) is 0 Å². The van der Waals surface area contributed by atoms with E-state index >= 15 is 0 Å². The molecule has 0 amide bonds. The Morgan fingerprint density at radius 1 is 0.345 bits per heavy atom. The fourth-order valence-corrected chi connectivity index (χ4v) is 7.68. The molecule has 28 radical (unpaired) electrons. The van der Waals surface area contributed by atoms with E-state index in [2.05, 4.69) is 0 Å². The molecular weight excluding hydrogens is 692 g/mol. The van der Waals surface area contributed by atoms with Crippen LogP contribution in [0, 0.1) is 0 Å². The largest absolute Gasteiger partial charge is 0.456 e. The van der Waals surface area contributed by atoms with Gasteiger partial charge in [-0.1, -0.05) is 110 Å². The lowest BCUT2D eigenvalue weighted by Gasteiger charge is -2.23. The molecule has 5 nitrogen and oxygen atoms in total. The van der Waals surface area contributed by atoms with Crippen molar-refractivity contribution in [1.29, 1.82) is 0 Å². The molecule has 0 aliphatic rings. The van der Waals surface area contributed by atoms with Crippen molar-refractivity contribution in [1.82, 2.24) is 19.5 Å². The molecule has 0 bridgehead atoms. The normalized spacial score (nSPS) is 11.7. The first-order chi connectivity index (χ1) is 27.6. The smallest absolute Gasteiger partial charge is 0.167 e. The Bertz CT molecular complexity index is 3140. The van der Waals surface area contributed by atoms with Gasteiger partial charge in [-0.25, -0.2) is 15.0 Å². The first-order valence-electron chi connectivity index (χ1n) is 17.5. The zero-order chi connectivity index (χ0) is 41.2. The van der Waals surface area contributed by atoms with E-state index in [1.165, 1.54) is 4.57 Å². The first kappa shape index (κ1) is 38.4. The molecule has 234 valence electrons. The minimum Gasteiger partial charge on any atom is -0.456 e. The topological polar surface area (TPSA) is 56.7 Å². The van der Waals surface area contributed by atoms with Crippen LogP contribution in [0.4, 0.5) is 0 Å². The van der Waals surface area contributed by atoms with Crippen LogP contribution >= 0.6 is 0 Å². The highest BCUT2D eigenvalue weighted by molar-refractivity contribution is 6.72. The Kier molecular flexibility index (Phi) is 9.07. The Morgan fingerprint density at radius 2 is 0.741 bits per heavy atom. The molecular formula is C39H10B14N4O. The van der Waals surface area contributed by atoms with E-state index in [1.807, 2.05) is 60.7 Å². The second kappa shape index (κ2) is 13.7. The van der Waals surface area contributed by atoms with Crippen LogP contribution in [0.25, 0.3) is 83.6 Å². The number of fused-ring (bicyclic) bond motifs is 6. The van der Waals surface area contributed by atoms with Crippen molar-refractivity contribution < 1.29 is 4.42 Å². The van der Waals surface area contributed by atoms with E-state index in [0.29, 0.717) is 22.8 Å². The van der Waals surface area contributed by atoms with Gasteiger partial charge in [-0.15, -0.1) is 27.3 Å². The zero-order valence-electron chi connectivity index (χ0n) is 30.6. The molecule has 0 spiro atoms. The van der Waals surface area contributed by atoms with Gasteiger partial charge in [-0.05, 0) is 10.8 Å². The molecule has 9 aromatic rings. The van der Waals surface area contributed by atoms with E-state index < -0.39 is 0 Å². The molecule has 3 aromatic heterocycles. The standard InChI is InChI=1S/C39H10B14N4O/c40-18-13-14-19(41)25(47)27(49)29(51)33(14)57(32(13)28(50)26(48)24(18)46)34-22(44)16-15-20(42)23(45)21(43)17(35(15)58-36(16)31(53)30(34)52)39-55-37(11-7-3-1-4-8-11)54-38(56-39)12-9-5-2-6-10-12/h1-10H. The number of benzene rings is 6. The van der Waals surface area contributed by atoms with Crippen molar-refractivity contribution in [3.63, 3.8) is 0 Å². The summed E-state index contributed by atoms with van der Waals surface area (Å²) in [6, 6.07) is 18.7. The molecule has 0 atom stereocenters. The third kappa shape index (κ3) is 5.27. The van der Waals surface area contributed by atoms with E-state index in [9.17, 15) is 0 Å². The van der Waals surface area contributed by atoms with Gasteiger partial charge < -0.3 is 8.98 Å². The number of nitrogens with zero attached hydrogens (tertiary/aromatic N) is 4. The van der Waals surface area contributed by atoms with Crippen LogP contribution in [0.2, 0.25) is 0 Å². The second-order valence-corrected chi connectivity index (χ2v) is 13.8. The molecule has 0 N–H and O–H groups in total. The summed E-state index contributed by atoms with van der Waals surface area (Å²) < 4.78 is 8.09. The van der Waals surface area contributed by atoms with Gasteiger partial charge in [-0.3, -0.25) is 0 Å². The highest BCUT2D eigenvalue weighted by Crippen LogP contribution is 2.34. The molecule has 0 aliphatic carbocycles. The molecule has 0 saturated heterocycles. The number of aromatic nitrogens is 4. The summed E-state index contributed by atoms with van der Waals surface area (Å²) >= 11 is 0. The van der Waals surface area contributed by atoms with Crippen LogP contribution in [0.1, 0.15) is 0 Å². The van der Waals surface area contributed by atoms with Crippen LogP contribution in [-0.2, 0) is 0 Å². The lowest BCUT2D eigenvalue weighted by molar-refractivity contribution is 0.673. The highest BCUT2D eigenvalue weighted by Gasteiger charge is 2.29. The lowest BCUT2D eigenvalue weighted by Crippen LogP contribution is -2.49. The molecule has 0 fully saturated rings. The summed E-state index contributed by atoms with van der Waals surface area (Å²) in [6.45, 7) is 0.